The van der Waals surface area contributed by atoms with Gasteiger partial charge in [-0.25, -0.2) is 9.78 Å². The molecule has 17 heavy (non-hydrogen) atoms. The summed E-state index contributed by atoms with van der Waals surface area (Å²) in [4.78, 5) is 14.6. The van der Waals surface area contributed by atoms with Crippen LogP contribution in [0.1, 0.15) is 10.5 Å². The average molecular weight is 249 g/mol. The molecular formula is C12H9ClN2O2. The number of benzene rings is 1. The van der Waals surface area contributed by atoms with E-state index >= 15 is 0 Å². The number of aromatic nitrogens is 1. The van der Waals surface area contributed by atoms with Gasteiger partial charge in [0.1, 0.15) is 0 Å². The molecule has 0 aliphatic rings. The monoisotopic (exact) mass is 248 g/mol. The molecule has 0 saturated heterocycles. The van der Waals surface area contributed by atoms with E-state index in [1.54, 1.807) is 30.3 Å². The van der Waals surface area contributed by atoms with E-state index in [4.69, 9.17) is 22.4 Å². The minimum atomic E-state index is -1.14. The number of nitrogen functional groups attached to an aromatic ring is 1. The number of halogens is 1. The van der Waals surface area contributed by atoms with E-state index in [2.05, 4.69) is 4.98 Å². The first kappa shape index (κ1) is 11.4. The average Bonchev–Trinajstić information content (AvgIpc) is 2.30. The summed E-state index contributed by atoms with van der Waals surface area (Å²) in [6, 6.07) is 8.67. The molecule has 0 atom stereocenters. The van der Waals surface area contributed by atoms with Crippen molar-refractivity contribution in [3.05, 3.63) is 47.2 Å². The molecule has 86 valence electrons. The first-order valence-corrected chi connectivity index (χ1v) is 5.21. The lowest BCUT2D eigenvalue weighted by Gasteiger charge is -2.07. The second-order valence-corrected chi connectivity index (χ2v) is 3.87. The van der Waals surface area contributed by atoms with Gasteiger partial charge in [-0.3, -0.25) is 0 Å². The summed E-state index contributed by atoms with van der Waals surface area (Å²) < 4.78 is 0. The second-order valence-electron chi connectivity index (χ2n) is 3.43. The van der Waals surface area contributed by atoms with E-state index in [9.17, 15) is 4.79 Å². The van der Waals surface area contributed by atoms with Crippen LogP contribution in [0.3, 0.4) is 0 Å². The van der Waals surface area contributed by atoms with Gasteiger partial charge in [-0.2, -0.15) is 0 Å². The van der Waals surface area contributed by atoms with Gasteiger partial charge >= 0.3 is 5.97 Å². The normalized spacial score (nSPS) is 10.2. The van der Waals surface area contributed by atoms with Crippen molar-refractivity contribution in [3.8, 4) is 11.1 Å². The first-order chi connectivity index (χ1) is 8.09. The zero-order valence-corrected chi connectivity index (χ0v) is 9.48. The number of pyridine rings is 1. The number of hydrogen-bond acceptors (Lipinski definition) is 3. The van der Waals surface area contributed by atoms with Crippen LogP contribution in [-0.4, -0.2) is 16.1 Å². The Morgan fingerprint density at radius 1 is 1.24 bits per heavy atom. The van der Waals surface area contributed by atoms with Crippen molar-refractivity contribution < 1.29 is 9.90 Å². The Labute approximate surface area is 103 Å². The Bertz CT molecular complexity index is 567. The highest BCUT2D eigenvalue weighted by molar-refractivity contribution is 6.30. The number of carboxylic acids is 1. The summed E-state index contributed by atoms with van der Waals surface area (Å²) in [5.74, 6) is -1.14. The minimum Gasteiger partial charge on any atom is -0.476 e. The van der Waals surface area contributed by atoms with Crippen molar-refractivity contribution in [1.29, 1.82) is 0 Å². The molecule has 1 aromatic heterocycles. The Morgan fingerprint density at radius 3 is 2.47 bits per heavy atom. The maximum atomic E-state index is 10.9. The highest BCUT2D eigenvalue weighted by atomic mass is 35.5. The maximum Gasteiger partial charge on any atom is 0.356 e. The molecule has 0 bridgehead atoms. The zero-order chi connectivity index (χ0) is 12.4. The number of anilines is 1. The molecule has 0 fully saturated rings. The molecule has 5 heteroatoms. The van der Waals surface area contributed by atoms with Crippen molar-refractivity contribution in [2.75, 3.05) is 5.73 Å². The van der Waals surface area contributed by atoms with Crippen molar-refractivity contribution in [1.82, 2.24) is 4.98 Å². The number of carboxylic acid groups (broad SMARTS) is 1. The molecule has 1 aromatic carbocycles. The van der Waals surface area contributed by atoms with Crippen LogP contribution in [0.4, 0.5) is 5.69 Å². The van der Waals surface area contributed by atoms with Crippen molar-refractivity contribution in [2.24, 2.45) is 0 Å². The van der Waals surface area contributed by atoms with Crippen LogP contribution in [0.25, 0.3) is 11.1 Å². The molecule has 0 amide bonds. The zero-order valence-electron chi connectivity index (χ0n) is 8.72. The van der Waals surface area contributed by atoms with Gasteiger partial charge in [0.25, 0.3) is 0 Å². The van der Waals surface area contributed by atoms with E-state index in [1.807, 2.05) is 0 Å². The molecule has 0 aliphatic carbocycles. The fourth-order valence-electron chi connectivity index (χ4n) is 1.52. The maximum absolute atomic E-state index is 10.9. The van der Waals surface area contributed by atoms with Gasteiger partial charge in [-0.15, -0.1) is 0 Å². The van der Waals surface area contributed by atoms with Crippen LogP contribution in [0.2, 0.25) is 5.02 Å². The van der Waals surface area contributed by atoms with Crippen LogP contribution in [0.5, 0.6) is 0 Å². The molecule has 2 aromatic rings. The SMILES string of the molecule is Nc1c(-c2ccc(Cl)cc2)ccnc1C(=O)O. The summed E-state index contributed by atoms with van der Waals surface area (Å²) in [6.07, 6.45) is 1.42. The third-order valence-corrected chi connectivity index (χ3v) is 2.60. The standard InChI is InChI=1S/C12H9ClN2O2/c13-8-3-1-7(2-4-8)9-5-6-15-11(10(9)14)12(16)17/h1-6H,14H2,(H,16,17). The van der Waals surface area contributed by atoms with Gasteiger partial charge in [-0.1, -0.05) is 23.7 Å². The molecular weight excluding hydrogens is 240 g/mol. The summed E-state index contributed by atoms with van der Waals surface area (Å²) >= 11 is 5.78. The van der Waals surface area contributed by atoms with Gasteiger partial charge < -0.3 is 10.8 Å². The lowest BCUT2D eigenvalue weighted by molar-refractivity contribution is 0.0692. The largest absolute Gasteiger partial charge is 0.476 e. The number of aromatic carboxylic acids is 1. The van der Waals surface area contributed by atoms with Crippen molar-refractivity contribution in [3.63, 3.8) is 0 Å². The lowest BCUT2D eigenvalue weighted by atomic mass is 10.0. The Balaban J connectivity index is 2.56. The quantitative estimate of drug-likeness (QED) is 0.857. The summed E-state index contributed by atoms with van der Waals surface area (Å²) in [7, 11) is 0. The molecule has 0 aliphatic heterocycles. The third-order valence-electron chi connectivity index (χ3n) is 2.35. The number of nitrogens with two attached hydrogens (primary N) is 1. The molecule has 0 spiro atoms. The molecule has 1 heterocycles. The Morgan fingerprint density at radius 2 is 1.88 bits per heavy atom. The minimum absolute atomic E-state index is 0.141. The fraction of sp³-hybridized carbons (Fsp3) is 0. The number of nitrogens with zero attached hydrogens (tertiary/aromatic N) is 1. The number of carbonyl (C=O) groups is 1. The molecule has 0 saturated carbocycles. The van der Waals surface area contributed by atoms with E-state index in [-0.39, 0.29) is 11.4 Å². The van der Waals surface area contributed by atoms with Gasteiger partial charge in [0, 0.05) is 16.8 Å². The summed E-state index contributed by atoms with van der Waals surface area (Å²) in [5.41, 5.74) is 7.23. The molecule has 4 nitrogen and oxygen atoms in total. The van der Waals surface area contributed by atoms with Crippen LogP contribution in [-0.2, 0) is 0 Å². The predicted molar refractivity (Wildman–Crippen MR) is 66.1 cm³/mol. The van der Waals surface area contributed by atoms with E-state index in [0.717, 1.165) is 5.56 Å². The topological polar surface area (TPSA) is 76.2 Å². The summed E-state index contributed by atoms with van der Waals surface area (Å²) in [5, 5.41) is 9.53. The van der Waals surface area contributed by atoms with Gasteiger partial charge in [0.05, 0.1) is 5.69 Å². The van der Waals surface area contributed by atoms with E-state index in [0.29, 0.717) is 10.6 Å². The van der Waals surface area contributed by atoms with Crippen molar-refractivity contribution >= 4 is 23.3 Å². The molecule has 0 radical (unpaired) electrons. The molecule has 2 rings (SSSR count). The molecule has 3 N–H and O–H groups in total. The lowest BCUT2D eigenvalue weighted by Crippen LogP contribution is -2.06. The fourth-order valence-corrected chi connectivity index (χ4v) is 1.65. The highest BCUT2D eigenvalue weighted by Crippen LogP contribution is 2.28. The Hall–Kier alpha value is -2.07. The van der Waals surface area contributed by atoms with E-state index in [1.165, 1.54) is 6.20 Å². The predicted octanol–water partition coefficient (Wildman–Crippen LogP) is 2.68. The van der Waals surface area contributed by atoms with Gasteiger partial charge in [0.15, 0.2) is 5.69 Å². The van der Waals surface area contributed by atoms with Gasteiger partial charge in [-0.05, 0) is 23.8 Å². The highest BCUT2D eigenvalue weighted by Gasteiger charge is 2.13. The van der Waals surface area contributed by atoms with Crippen LogP contribution < -0.4 is 5.73 Å². The smallest absolute Gasteiger partial charge is 0.356 e. The number of rotatable bonds is 2. The number of hydrogen-bond donors (Lipinski definition) is 2. The van der Waals surface area contributed by atoms with Crippen LogP contribution in [0.15, 0.2) is 36.5 Å². The third kappa shape index (κ3) is 2.21. The second kappa shape index (κ2) is 4.43. The van der Waals surface area contributed by atoms with Crippen LogP contribution in [0, 0.1) is 0 Å². The van der Waals surface area contributed by atoms with Crippen molar-refractivity contribution in [2.45, 2.75) is 0 Å². The molecule has 0 unspecified atom stereocenters. The summed E-state index contributed by atoms with van der Waals surface area (Å²) in [6.45, 7) is 0. The first-order valence-electron chi connectivity index (χ1n) is 4.83. The Kier molecular flexibility index (Phi) is 2.97. The van der Waals surface area contributed by atoms with E-state index < -0.39 is 5.97 Å². The van der Waals surface area contributed by atoms with Crippen LogP contribution >= 0.6 is 11.6 Å². The van der Waals surface area contributed by atoms with Gasteiger partial charge in [0.2, 0.25) is 0 Å².